The van der Waals surface area contributed by atoms with Crippen LogP contribution >= 0.6 is 0 Å². The zero-order valence-electron chi connectivity index (χ0n) is 16.6. The molecule has 0 aliphatic heterocycles. The summed E-state index contributed by atoms with van der Waals surface area (Å²) < 4.78 is 0. The highest BCUT2D eigenvalue weighted by molar-refractivity contribution is 5.50. The van der Waals surface area contributed by atoms with E-state index in [1.807, 2.05) is 6.07 Å². The molecule has 0 bridgehead atoms. The summed E-state index contributed by atoms with van der Waals surface area (Å²) in [6.07, 6.45) is 6.08. The third-order valence-corrected chi connectivity index (χ3v) is 5.75. The molecule has 0 unspecified atom stereocenters. The van der Waals surface area contributed by atoms with E-state index in [1.165, 1.54) is 22.8 Å². The van der Waals surface area contributed by atoms with Crippen LogP contribution in [0.3, 0.4) is 0 Å². The number of hydrogen-bond acceptors (Lipinski definition) is 2. The maximum Gasteiger partial charge on any atom is 0.123 e. The summed E-state index contributed by atoms with van der Waals surface area (Å²) in [6, 6.07) is 11.8. The van der Waals surface area contributed by atoms with Crippen LogP contribution in [0.1, 0.15) is 54.9 Å². The first-order chi connectivity index (χ1) is 12.8. The average molecular weight is 363 g/mol. The fraction of sp³-hybridized carbons (Fsp3) is 0.360. The lowest BCUT2D eigenvalue weighted by molar-refractivity contribution is 0.423. The van der Waals surface area contributed by atoms with Gasteiger partial charge in [-0.05, 0) is 69.6 Å². The number of hydrogen-bond donors (Lipinski definition) is 2. The standard InChI is InChI=1S/C25H30O2/c1-16(2)22-12-7-18(4)13-23(22)25-20(14-21(26)15-24(25)27)11-10-19-8-5-17(3)6-9-19/h5-6,8-9,13-15,22-23,26-27H,1,7,10-12H2,2-4H3/t22-,23+/m0/s1. The molecule has 2 atom stereocenters. The van der Waals surface area contributed by atoms with Crippen LogP contribution in [-0.2, 0) is 12.8 Å². The van der Waals surface area contributed by atoms with Crippen molar-refractivity contribution in [3.63, 3.8) is 0 Å². The van der Waals surface area contributed by atoms with Gasteiger partial charge in [0.2, 0.25) is 0 Å². The Morgan fingerprint density at radius 3 is 2.44 bits per heavy atom. The third kappa shape index (κ3) is 4.44. The molecule has 0 amide bonds. The summed E-state index contributed by atoms with van der Waals surface area (Å²) >= 11 is 0. The number of phenolic OH excluding ortho intramolecular Hbond substituents is 2. The van der Waals surface area contributed by atoms with E-state index in [0.29, 0.717) is 5.92 Å². The number of phenols is 2. The van der Waals surface area contributed by atoms with E-state index in [0.717, 1.165) is 42.4 Å². The minimum atomic E-state index is 0.116. The van der Waals surface area contributed by atoms with E-state index in [4.69, 9.17) is 0 Å². The first-order valence-corrected chi connectivity index (χ1v) is 9.78. The molecule has 2 nitrogen and oxygen atoms in total. The maximum absolute atomic E-state index is 10.7. The molecule has 0 aromatic heterocycles. The summed E-state index contributed by atoms with van der Waals surface area (Å²) in [5, 5.41) is 20.8. The van der Waals surface area contributed by atoms with Crippen LogP contribution in [0, 0.1) is 12.8 Å². The highest BCUT2D eigenvalue weighted by Gasteiger charge is 2.29. The molecule has 0 fully saturated rings. The second kappa shape index (κ2) is 8.04. The van der Waals surface area contributed by atoms with Crippen LogP contribution in [0.25, 0.3) is 0 Å². The molecule has 0 saturated heterocycles. The Bertz CT molecular complexity index is 859. The van der Waals surface area contributed by atoms with Crippen LogP contribution in [0.2, 0.25) is 0 Å². The van der Waals surface area contributed by atoms with Crippen molar-refractivity contribution in [2.75, 3.05) is 0 Å². The highest BCUT2D eigenvalue weighted by atomic mass is 16.3. The molecule has 2 aromatic carbocycles. The smallest absolute Gasteiger partial charge is 0.123 e. The van der Waals surface area contributed by atoms with Crippen molar-refractivity contribution in [2.24, 2.45) is 5.92 Å². The fourth-order valence-electron chi connectivity index (χ4n) is 4.21. The predicted octanol–water partition coefficient (Wildman–Crippen LogP) is 6.21. The summed E-state index contributed by atoms with van der Waals surface area (Å²) in [5.74, 6) is 0.752. The van der Waals surface area contributed by atoms with Crippen molar-refractivity contribution in [1.29, 1.82) is 0 Å². The van der Waals surface area contributed by atoms with Crippen LogP contribution in [0.15, 0.2) is 60.2 Å². The van der Waals surface area contributed by atoms with Gasteiger partial charge in [0, 0.05) is 17.5 Å². The van der Waals surface area contributed by atoms with E-state index in [9.17, 15) is 10.2 Å². The molecule has 2 N–H and O–H groups in total. The van der Waals surface area contributed by atoms with Gasteiger partial charge in [-0.15, -0.1) is 0 Å². The Kier molecular flexibility index (Phi) is 5.74. The Hall–Kier alpha value is -2.48. The molecule has 0 heterocycles. The van der Waals surface area contributed by atoms with Crippen molar-refractivity contribution < 1.29 is 10.2 Å². The molecule has 27 heavy (non-hydrogen) atoms. The highest BCUT2D eigenvalue weighted by Crippen LogP contribution is 2.45. The Labute approximate surface area is 162 Å². The van der Waals surface area contributed by atoms with Gasteiger partial charge in [-0.25, -0.2) is 0 Å². The number of aromatic hydroxyl groups is 2. The molecule has 1 aliphatic rings. The zero-order valence-corrected chi connectivity index (χ0v) is 16.6. The molecule has 3 rings (SSSR count). The summed E-state index contributed by atoms with van der Waals surface area (Å²) in [4.78, 5) is 0. The van der Waals surface area contributed by atoms with Gasteiger partial charge >= 0.3 is 0 Å². The molecule has 0 saturated carbocycles. The fourth-order valence-corrected chi connectivity index (χ4v) is 4.21. The van der Waals surface area contributed by atoms with Crippen LogP contribution in [0.5, 0.6) is 11.5 Å². The van der Waals surface area contributed by atoms with E-state index in [1.54, 1.807) is 0 Å². The van der Waals surface area contributed by atoms with Crippen molar-refractivity contribution in [3.8, 4) is 11.5 Å². The number of rotatable bonds is 5. The molecule has 1 aliphatic carbocycles. The molecule has 2 aromatic rings. The van der Waals surface area contributed by atoms with Gasteiger partial charge in [0.1, 0.15) is 11.5 Å². The lowest BCUT2D eigenvalue weighted by Gasteiger charge is -2.32. The average Bonchev–Trinajstić information content (AvgIpc) is 2.60. The van der Waals surface area contributed by atoms with Gasteiger partial charge in [0.15, 0.2) is 0 Å². The van der Waals surface area contributed by atoms with Crippen LogP contribution < -0.4 is 0 Å². The Morgan fingerprint density at radius 2 is 1.78 bits per heavy atom. The van der Waals surface area contributed by atoms with Gasteiger partial charge in [-0.3, -0.25) is 0 Å². The topological polar surface area (TPSA) is 40.5 Å². The minimum absolute atomic E-state index is 0.116. The van der Waals surface area contributed by atoms with Crippen LogP contribution in [-0.4, -0.2) is 10.2 Å². The van der Waals surface area contributed by atoms with Gasteiger partial charge in [0.25, 0.3) is 0 Å². The number of benzene rings is 2. The molecule has 0 radical (unpaired) electrons. The third-order valence-electron chi connectivity index (χ3n) is 5.75. The second-order valence-electron chi connectivity index (χ2n) is 8.05. The number of aryl methyl sites for hydroxylation is 3. The SMILES string of the molecule is C=C(C)[C@@H]1CCC(C)=C[C@H]1c1c(O)cc(O)cc1CCc1ccc(C)cc1. The zero-order chi connectivity index (χ0) is 19.6. The van der Waals surface area contributed by atoms with Crippen LogP contribution in [0.4, 0.5) is 0 Å². The maximum atomic E-state index is 10.7. The lowest BCUT2D eigenvalue weighted by Crippen LogP contribution is -2.18. The predicted molar refractivity (Wildman–Crippen MR) is 112 cm³/mol. The largest absolute Gasteiger partial charge is 0.508 e. The quantitative estimate of drug-likeness (QED) is 0.621. The first kappa shape index (κ1) is 19.3. The molecule has 142 valence electrons. The summed E-state index contributed by atoms with van der Waals surface area (Å²) in [5.41, 5.74) is 7.00. The van der Waals surface area contributed by atoms with Crippen molar-refractivity contribution in [3.05, 3.63) is 82.5 Å². The molecule has 0 spiro atoms. The van der Waals surface area contributed by atoms with Crippen molar-refractivity contribution >= 4 is 0 Å². The minimum Gasteiger partial charge on any atom is -0.508 e. The van der Waals surface area contributed by atoms with Gasteiger partial charge in [-0.2, -0.15) is 0 Å². The van der Waals surface area contributed by atoms with E-state index in [2.05, 4.69) is 57.7 Å². The first-order valence-electron chi connectivity index (χ1n) is 9.78. The molecular weight excluding hydrogens is 332 g/mol. The van der Waals surface area contributed by atoms with E-state index < -0.39 is 0 Å². The molecule has 2 heteroatoms. The Balaban J connectivity index is 1.97. The van der Waals surface area contributed by atoms with Gasteiger partial charge in [0.05, 0.1) is 0 Å². The summed E-state index contributed by atoms with van der Waals surface area (Å²) in [6.45, 7) is 10.5. The van der Waals surface area contributed by atoms with Crippen molar-refractivity contribution in [1.82, 2.24) is 0 Å². The second-order valence-corrected chi connectivity index (χ2v) is 8.05. The number of allylic oxidation sites excluding steroid dienone is 3. The molecular formula is C25H30O2. The lowest BCUT2D eigenvalue weighted by atomic mass is 9.72. The van der Waals surface area contributed by atoms with E-state index in [-0.39, 0.29) is 17.4 Å². The Morgan fingerprint density at radius 1 is 1.07 bits per heavy atom. The van der Waals surface area contributed by atoms with Crippen molar-refractivity contribution in [2.45, 2.75) is 52.4 Å². The van der Waals surface area contributed by atoms with Gasteiger partial charge in [-0.1, -0.05) is 53.6 Å². The van der Waals surface area contributed by atoms with Gasteiger partial charge < -0.3 is 10.2 Å². The van der Waals surface area contributed by atoms with E-state index >= 15 is 0 Å². The monoisotopic (exact) mass is 362 g/mol. The normalized spacial score (nSPS) is 19.6. The summed E-state index contributed by atoms with van der Waals surface area (Å²) in [7, 11) is 0.